The number of amides is 1. The molecule has 0 aliphatic carbocycles. The topological polar surface area (TPSA) is 103 Å². The quantitative estimate of drug-likeness (QED) is 0.681. The summed E-state index contributed by atoms with van der Waals surface area (Å²) < 4.78 is 7.03. The minimum atomic E-state index is -1.27. The van der Waals surface area contributed by atoms with Gasteiger partial charge in [-0.3, -0.25) is 4.79 Å². The lowest BCUT2D eigenvalue weighted by Gasteiger charge is -2.11. The molecular formula is C17H18N2O5. The van der Waals surface area contributed by atoms with Crippen molar-refractivity contribution in [3.05, 3.63) is 54.4 Å². The van der Waals surface area contributed by atoms with E-state index in [0.29, 0.717) is 11.4 Å². The maximum absolute atomic E-state index is 10.9. The molecule has 0 saturated carbocycles. The number of hydrogen-bond acceptors (Lipinski definition) is 5. The van der Waals surface area contributed by atoms with Gasteiger partial charge in [-0.25, -0.2) is 4.57 Å². The number of nitrogens with one attached hydrogen (secondary N) is 1. The number of aromatic carboxylic acids is 1. The molecule has 2 N–H and O–H groups in total. The highest BCUT2D eigenvalue weighted by molar-refractivity contribution is 5.88. The van der Waals surface area contributed by atoms with Crippen LogP contribution in [0.4, 0.5) is 5.69 Å². The lowest BCUT2D eigenvalue weighted by atomic mass is 10.2. The number of pyridine rings is 1. The summed E-state index contributed by atoms with van der Waals surface area (Å²) in [5.74, 6) is -0.874. The van der Waals surface area contributed by atoms with Crippen LogP contribution in [0.15, 0.2) is 48.8 Å². The summed E-state index contributed by atoms with van der Waals surface area (Å²) in [7, 11) is 0. The molecule has 7 nitrogen and oxygen atoms in total. The zero-order valence-corrected chi connectivity index (χ0v) is 13.1. The molecule has 2 rings (SSSR count). The van der Waals surface area contributed by atoms with Gasteiger partial charge in [-0.05, 0) is 30.3 Å². The molecule has 1 atom stereocenters. The fourth-order valence-electron chi connectivity index (χ4n) is 2.08. The number of nitrogens with zero attached hydrogens (tertiary/aromatic N) is 1. The standard InChI is InChI=1S/C17H18N2O5/c1-12(20)18-14-4-6-16(7-5-14)24-11-15(21)10-19-8-2-3-13(9-19)17(22)23/h2-9,15,21H,10-11H2,1H3,(H-,18,20,22,23). The normalized spacial score (nSPS) is 11.6. The molecule has 1 aromatic carbocycles. The van der Waals surface area contributed by atoms with E-state index in [4.69, 9.17) is 4.74 Å². The van der Waals surface area contributed by atoms with Crippen LogP contribution in [0.3, 0.4) is 0 Å². The molecular weight excluding hydrogens is 312 g/mol. The Morgan fingerprint density at radius 1 is 1.29 bits per heavy atom. The van der Waals surface area contributed by atoms with Crippen molar-refractivity contribution in [2.24, 2.45) is 0 Å². The average molecular weight is 330 g/mol. The summed E-state index contributed by atoms with van der Waals surface area (Å²) in [5.41, 5.74) is 0.698. The fraction of sp³-hybridized carbons (Fsp3) is 0.235. The molecule has 1 heterocycles. The molecule has 0 aliphatic rings. The minimum absolute atomic E-state index is 0.0409. The van der Waals surface area contributed by atoms with E-state index < -0.39 is 12.1 Å². The summed E-state index contributed by atoms with van der Waals surface area (Å²) in [5, 5.41) is 23.5. The van der Waals surface area contributed by atoms with Crippen molar-refractivity contribution in [2.45, 2.75) is 19.6 Å². The van der Waals surface area contributed by atoms with Crippen LogP contribution in [0, 0.1) is 0 Å². The van der Waals surface area contributed by atoms with E-state index in [1.165, 1.54) is 19.2 Å². The Balaban J connectivity index is 1.86. The highest BCUT2D eigenvalue weighted by atomic mass is 16.5. The van der Waals surface area contributed by atoms with Crippen LogP contribution in [0.5, 0.6) is 5.75 Å². The van der Waals surface area contributed by atoms with Crippen LogP contribution in [-0.2, 0) is 11.3 Å². The molecule has 0 spiro atoms. The average Bonchev–Trinajstić information content (AvgIpc) is 2.54. The van der Waals surface area contributed by atoms with Crippen LogP contribution in [0.2, 0.25) is 0 Å². The van der Waals surface area contributed by atoms with E-state index in [1.54, 1.807) is 41.1 Å². The Labute approximate surface area is 139 Å². The number of ether oxygens (including phenoxy) is 1. The lowest BCUT2D eigenvalue weighted by molar-refractivity contribution is -0.703. The highest BCUT2D eigenvalue weighted by Gasteiger charge is 2.13. The van der Waals surface area contributed by atoms with Crippen molar-refractivity contribution in [1.29, 1.82) is 0 Å². The number of benzene rings is 1. The number of aromatic nitrogens is 1. The third kappa shape index (κ3) is 5.36. The molecule has 1 unspecified atom stereocenters. The van der Waals surface area contributed by atoms with E-state index in [2.05, 4.69) is 5.32 Å². The summed E-state index contributed by atoms with van der Waals surface area (Å²) >= 11 is 0. The van der Waals surface area contributed by atoms with Crippen LogP contribution in [0.1, 0.15) is 17.3 Å². The van der Waals surface area contributed by atoms with Gasteiger partial charge in [0.2, 0.25) is 5.91 Å². The van der Waals surface area contributed by atoms with Gasteiger partial charge in [-0.1, -0.05) is 0 Å². The zero-order chi connectivity index (χ0) is 17.5. The van der Waals surface area contributed by atoms with Gasteiger partial charge in [-0.15, -0.1) is 0 Å². The molecule has 126 valence electrons. The van der Waals surface area contributed by atoms with E-state index in [1.807, 2.05) is 0 Å². The van der Waals surface area contributed by atoms with Gasteiger partial charge in [-0.2, -0.15) is 0 Å². The van der Waals surface area contributed by atoms with Gasteiger partial charge in [0.05, 0.1) is 11.5 Å². The minimum Gasteiger partial charge on any atom is -0.545 e. The Kier molecular flexibility index (Phi) is 5.86. The Morgan fingerprint density at radius 2 is 2.00 bits per heavy atom. The third-order valence-corrected chi connectivity index (χ3v) is 3.13. The van der Waals surface area contributed by atoms with Gasteiger partial charge in [0.15, 0.2) is 18.9 Å². The molecule has 0 radical (unpaired) electrons. The number of carboxylic acids is 1. The molecule has 0 fully saturated rings. The van der Waals surface area contributed by atoms with Gasteiger partial charge in [0.1, 0.15) is 18.5 Å². The second kappa shape index (κ2) is 8.07. The molecule has 1 amide bonds. The number of carbonyl (C=O) groups excluding carboxylic acids is 2. The molecule has 7 heteroatoms. The van der Waals surface area contributed by atoms with Gasteiger partial charge in [0.25, 0.3) is 0 Å². The van der Waals surface area contributed by atoms with E-state index in [0.717, 1.165) is 0 Å². The molecule has 24 heavy (non-hydrogen) atoms. The fourth-order valence-corrected chi connectivity index (χ4v) is 2.08. The SMILES string of the molecule is CC(=O)Nc1ccc(OCC(O)C[n+]2cccc(C(=O)[O-])c2)cc1. The van der Waals surface area contributed by atoms with Gasteiger partial charge >= 0.3 is 0 Å². The molecule has 2 aromatic rings. The van der Waals surface area contributed by atoms with Crippen molar-refractivity contribution >= 4 is 17.6 Å². The Hall–Kier alpha value is -2.93. The first-order valence-corrected chi connectivity index (χ1v) is 7.33. The van der Waals surface area contributed by atoms with E-state index in [9.17, 15) is 19.8 Å². The number of carbonyl (C=O) groups is 2. The van der Waals surface area contributed by atoms with Crippen molar-refractivity contribution < 1.29 is 29.1 Å². The van der Waals surface area contributed by atoms with Gasteiger partial charge < -0.3 is 25.1 Å². The maximum atomic E-state index is 10.9. The summed E-state index contributed by atoms with van der Waals surface area (Å²) in [6.45, 7) is 1.65. The van der Waals surface area contributed by atoms with Crippen LogP contribution >= 0.6 is 0 Å². The number of anilines is 1. The second-order valence-corrected chi connectivity index (χ2v) is 5.25. The van der Waals surface area contributed by atoms with Crippen molar-refractivity contribution in [2.75, 3.05) is 11.9 Å². The third-order valence-electron chi connectivity index (χ3n) is 3.13. The first-order chi connectivity index (χ1) is 11.4. The number of rotatable bonds is 7. The summed E-state index contributed by atoms with van der Waals surface area (Å²) in [4.78, 5) is 21.7. The van der Waals surface area contributed by atoms with Crippen LogP contribution in [0.25, 0.3) is 0 Å². The summed E-state index contributed by atoms with van der Waals surface area (Å²) in [6.07, 6.45) is 2.22. The molecule has 0 bridgehead atoms. The Bertz CT molecular complexity index is 715. The maximum Gasteiger partial charge on any atom is 0.221 e. The van der Waals surface area contributed by atoms with Crippen molar-refractivity contribution in [3.63, 3.8) is 0 Å². The number of aliphatic hydroxyl groups excluding tert-OH is 1. The van der Waals surface area contributed by atoms with Crippen LogP contribution < -0.4 is 19.7 Å². The largest absolute Gasteiger partial charge is 0.545 e. The zero-order valence-electron chi connectivity index (χ0n) is 13.1. The first-order valence-electron chi connectivity index (χ1n) is 7.33. The highest BCUT2D eigenvalue weighted by Crippen LogP contribution is 2.15. The number of aliphatic hydroxyl groups is 1. The predicted octanol–water partition coefficient (Wildman–Crippen LogP) is -0.264. The van der Waals surface area contributed by atoms with Gasteiger partial charge in [0, 0.05) is 18.7 Å². The molecule has 0 aliphatic heterocycles. The lowest BCUT2D eigenvalue weighted by Crippen LogP contribution is -2.42. The number of carboxylic acid groups (broad SMARTS) is 1. The molecule has 1 aromatic heterocycles. The molecule has 0 saturated heterocycles. The second-order valence-electron chi connectivity index (χ2n) is 5.25. The number of hydrogen-bond donors (Lipinski definition) is 2. The Morgan fingerprint density at radius 3 is 2.62 bits per heavy atom. The van der Waals surface area contributed by atoms with E-state index >= 15 is 0 Å². The smallest absolute Gasteiger partial charge is 0.221 e. The summed E-state index contributed by atoms with van der Waals surface area (Å²) in [6, 6.07) is 9.75. The van der Waals surface area contributed by atoms with Crippen LogP contribution in [-0.4, -0.2) is 29.7 Å². The first kappa shape index (κ1) is 17.4. The van der Waals surface area contributed by atoms with E-state index in [-0.39, 0.29) is 24.6 Å². The predicted molar refractivity (Wildman–Crippen MR) is 83.2 cm³/mol. The van der Waals surface area contributed by atoms with Crippen molar-refractivity contribution in [3.8, 4) is 5.75 Å². The van der Waals surface area contributed by atoms with Crippen molar-refractivity contribution in [1.82, 2.24) is 0 Å². The monoisotopic (exact) mass is 330 g/mol.